The predicted octanol–water partition coefficient (Wildman–Crippen LogP) is 5.54. The second-order valence-corrected chi connectivity index (χ2v) is 7.54. The molecule has 0 aromatic heterocycles. The van der Waals surface area contributed by atoms with Gasteiger partial charge in [-0.3, -0.25) is 0 Å². The molecule has 0 spiro atoms. The maximum atomic E-state index is 11.5. The van der Waals surface area contributed by atoms with E-state index in [-0.39, 0.29) is 5.97 Å². The fraction of sp³-hybridized carbons (Fsp3) is 0.458. The summed E-state index contributed by atoms with van der Waals surface area (Å²) in [7, 11) is 3.51. The number of hydrogen-bond donors (Lipinski definition) is 0. The Kier molecular flexibility index (Phi) is 6.28. The van der Waals surface area contributed by atoms with E-state index >= 15 is 0 Å². The highest BCUT2D eigenvalue weighted by Gasteiger charge is 2.42. The molecule has 2 atom stereocenters. The molecule has 0 radical (unpaired) electrons. The van der Waals surface area contributed by atoms with Crippen LogP contribution < -0.4 is 9.47 Å². The van der Waals surface area contributed by atoms with Gasteiger partial charge in [-0.1, -0.05) is 18.2 Å². The highest BCUT2D eigenvalue weighted by atomic mass is 16.5. The fourth-order valence-corrected chi connectivity index (χ4v) is 4.54. The number of allylic oxidation sites excluding steroid dienone is 5. The molecule has 2 aliphatic rings. The first-order valence-corrected chi connectivity index (χ1v) is 9.99. The zero-order chi connectivity index (χ0) is 20.3. The van der Waals surface area contributed by atoms with Gasteiger partial charge in [-0.25, -0.2) is 4.79 Å². The van der Waals surface area contributed by atoms with Crippen LogP contribution in [0.5, 0.6) is 11.5 Å². The van der Waals surface area contributed by atoms with Crippen molar-refractivity contribution in [3.8, 4) is 11.5 Å². The SMILES string of the molecule is CCOC(=O)/C=C(C)/C=C/C=C(\C)c1cc(OC)c2c(c1OC)C1CCC2C1. The number of ether oxygens (including phenoxy) is 3. The molecule has 0 N–H and O–H groups in total. The summed E-state index contributed by atoms with van der Waals surface area (Å²) in [6, 6.07) is 2.11. The maximum Gasteiger partial charge on any atom is 0.330 e. The highest BCUT2D eigenvalue weighted by molar-refractivity contribution is 5.83. The van der Waals surface area contributed by atoms with E-state index < -0.39 is 0 Å². The van der Waals surface area contributed by atoms with Crippen molar-refractivity contribution < 1.29 is 19.0 Å². The Morgan fingerprint density at radius 2 is 1.86 bits per heavy atom. The third-order valence-corrected chi connectivity index (χ3v) is 5.76. The first-order valence-electron chi connectivity index (χ1n) is 9.99. The fourth-order valence-electron chi connectivity index (χ4n) is 4.54. The Hall–Kier alpha value is -2.49. The molecule has 1 saturated carbocycles. The molecule has 1 fully saturated rings. The number of carbonyl (C=O) groups excluding carboxylic acids is 1. The van der Waals surface area contributed by atoms with Crippen LogP contribution in [0.1, 0.15) is 68.6 Å². The summed E-state index contributed by atoms with van der Waals surface area (Å²) in [5.41, 5.74) is 5.72. The van der Waals surface area contributed by atoms with Crippen molar-refractivity contribution in [3.05, 3.63) is 52.6 Å². The van der Waals surface area contributed by atoms with Crippen molar-refractivity contribution in [1.82, 2.24) is 0 Å². The van der Waals surface area contributed by atoms with Crippen molar-refractivity contribution in [3.63, 3.8) is 0 Å². The molecule has 3 rings (SSSR count). The molecule has 4 nitrogen and oxygen atoms in total. The van der Waals surface area contributed by atoms with Gasteiger partial charge < -0.3 is 14.2 Å². The minimum absolute atomic E-state index is 0.314. The van der Waals surface area contributed by atoms with Crippen LogP contribution in [-0.4, -0.2) is 26.8 Å². The lowest BCUT2D eigenvalue weighted by atomic mass is 9.87. The molecule has 28 heavy (non-hydrogen) atoms. The van der Waals surface area contributed by atoms with E-state index in [4.69, 9.17) is 14.2 Å². The van der Waals surface area contributed by atoms with Gasteiger partial charge in [0.25, 0.3) is 0 Å². The summed E-state index contributed by atoms with van der Waals surface area (Å²) in [5, 5.41) is 0. The molecule has 2 unspecified atom stereocenters. The minimum atomic E-state index is -0.314. The van der Waals surface area contributed by atoms with Crippen LogP contribution in [0.2, 0.25) is 0 Å². The van der Waals surface area contributed by atoms with Gasteiger partial charge in [-0.05, 0) is 69.1 Å². The number of fused-ring (bicyclic) bond motifs is 5. The highest BCUT2D eigenvalue weighted by Crippen LogP contribution is 2.59. The van der Waals surface area contributed by atoms with Crippen LogP contribution in [0.15, 0.2) is 35.9 Å². The summed E-state index contributed by atoms with van der Waals surface area (Å²) in [4.78, 5) is 11.5. The van der Waals surface area contributed by atoms with Crippen LogP contribution >= 0.6 is 0 Å². The van der Waals surface area contributed by atoms with Gasteiger partial charge >= 0.3 is 5.97 Å². The first-order chi connectivity index (χ1) is 13.5. The van der Waals surface area contributed by atoms with E-state index in [0.717, 1.165) is 28.2 Å². The number of rotatable bonds is 7. The molecule has 2 bridgehead atoms. The zero-order valence-corrected chi connectivity index (χ0v) is 17.5. The van der Waals surface area contributed by atoms with E-state index in [0.29, 0.717) is 18.4 Å². The monoisotopic (exact) mass is 382 g/mol. The average molecular weight is 383 g/mol. The number of carbonyl (C=O) groups is 1. The van der Waals surface area contributed by atoms with Gasteiger partial charge in [0, 0.05) is 22.8 Å². The van der Waals surface area contributed by atoms with E-state index in [9.17, 15) is 4.79 Å². The van der Waals surface area contributed by atoms with Crippen LogP contribution in [0, 0.1) is 0 Å². The molecular formula is C24H30O4. The quantitative estimate of drug-likeness (QED) is 0.353. The summed E-state index contributed by atoms with van der Waals surface area (Å²) < 4.78 is 16.6. The molecule has 0 aliphatic heterocycles. The number of esters is 1. The van der Waals surface area contributed by atoms with Crippen molar-refractivity contribution in [2.24, 2.45) is 0 Å². The standard InChI is InChI=1S/C24H30O4/c1-6-28-21(25)12-15(2)8-7-9-16(3)19-14-20(26-4)22-17-10-11-18(13-17)23(22)24(19)27-5/h7-9,12,14,17-18H,6,10-11,13H2,1-5H3/b8-7+,15-12+,16-9+. The second kappa shape index (κ2) is 8.68. The van der Waals surface area contributed by atoms with E-state index in [1.165, 1.54) is 36.5 Å². The summed E-state index contributed by atoms with van der Waals surface area (Å²) in [6.45, 7) is 6.14. The van der Waals surface area contributed by atoms with Gasteiger partial charge in [0.15, 0.2) is 0 Å². The van der Waals surface area contributed by atoms with Crippen LogP contribution in [0.4, 0.5) is 0 Å². The molecule has 0 amide bonds. The topological polar surface area (TPSA) is 44.8 Å². The van der Waals surface area contributed by atoms with Gasteiger partial charge in [0.1, 0.15) is 11.5 Å². The lowest BCUT2D eigenvalue weighted by Crippen LogP contribution is -2.06. The number of benzene rings is 1. The molecule has 1 aromatic rings. The molecule has 4 heteroatoms. The summed E-state index contributed by atoms with van der Waals surface area (Å²) in [6.07, 6.45) is 11.1. The third-order valence-electron chi connectivity index (χ3n) is 5.76. The average Bonchev–Trinajstić information content (AvgIpc) is 3.29. The van der Waals surface area contributed by atoms with Gasteiger partial charge in [0.05, 0.1) is 20.8 Å². The van der Waals surface area contributed by atoms with Gasteiger partial charge in [-0.15, -0.1) is 0 Å². The predicted molar refractivity (Wildman–Crippen MR) is 112 cm³/mol. The largest absolute Gasteiger partial charge is 0.496 e. The molecule has 0 saturated heterocycles. The minimum Gasteiger partial charge on any atom is -0.496 e. The molecule has 150 valence electrons. The van der Waals surface area contributed by atoms with E-state index in [2.05, 4.69) is 13.0 Å². The number of methoxy groups -OCH3 is 2. The molecule has 1 aromatic carbocycles. The molecular weight excluding hydrogens is 352 g/mol. The van der Waals surface area contributed by atoms with Crippen LogP contribution in [0.25, 0.3) is 5.57 Å². The maximum absolute atomic E-state index is 11.5. The normalized spacial score (nSPS) is 21.2. The Bertz CT molecular complexity index is 845. The zero-order valence-electron chi connectivity index (χ0n) is 17.5. The number of hydrogen-bond acceptors (Lipinski definition) is 4. The van der Waals surface area contributed by atoms with Gasteiger partial charge in [0.2, 0.25) is 0 Å². The Morgan fingerprint density at radius 3 is 2.50 bits per heavy atom. The molecule has 2 aliphatic carbocycles. The second-order valence-electron chi connectivity index (χ2n) is 7.54. The van der Waals surface area contributed by atoms with Gasteiger partial charge in [-0.2, -0.15) is 0 Å². The third kappa shape index (κ3) is 3.87. The smallest absolute Gasteiger partial charge is 0.330 e. The summed E-state index contributed by atoms with van der Waals surface area (Å²) in [5.74, 6) is 2.85. The van der Waals surface area contributed by atoms with Crippen molar-refractivity contribution in [2.75, 3.05) is 20.8 Å². The van der Waals surface area contributed by atoms with E-state index in [1.54, 1.807) is 21.1 Å². The lowest BCUT2D eigenvalue weighted by molar-refractivity contribution is -0.137. The Labute approximate surface area is 167 Å². The van der Waals surface area contributed by atoms with Crippen molar-refractivity contribution in [1.29, 1.82) is 0 Å². The molecule has 0 heterocycles. The van der Waals surface area contributed by atoms with Crippen molar-refractivity contribution in [2.45, 2.75) is 51.9 Å². The van der Waals surface area contributed by atoms with Crippen molar-refractivity contribution >= 4 is 11.5 Å². The summed E-state index contributed by atoms with van der Waals surface area (Å²) >= 11 is 0. The Balaban J connectivity index is 1.91. The Morgan fingerprint density at radius 1 is 1.14 bits per heavy atom. The van der Waals surface area contributed by atoms with Crippen LogP contribution in [-0.2, 0) is 9.53 Å². The first kappa shape index (κ1) is 20.2. The van der Waals surface area contributed by atoms with Crippen LogP contribution in [0.3, 0.4) is 0 Å². The van der Waals surface area contributed by atoms with E-state index in [1.807, 2.05) is 25.2 Å². The lowest BCUT2D eigenvalue weighted by Gasteiger charge is -2.23.